The van der Waals surface area contributed by atoms with Crippen LogP contribution in [-0.4, -0.2) is 91.8 Å². The van der Waals surface area contributed by atoms with E-state index in [0.29, 0.717) is 12.8 Å². The number of hydrogen-bond donors (Lipinski definition) is 0. The maximum atomic E-state index is 13.1. The molecule has 0 aliphatic carbocycles. The van der Waals surface area contributed by atoms with Gasteiger partial charge in [-0.3, -0.25) is 14.5 Å². The highest BCUT2D eigenvalue weighted by Gasteiger charge is 2.51. The van der Waals surface area contributed by atoms with Gasteiger partial charge in [0.15, 0.2) is 0 Å². The summed E-state index contributed by atoms with van der Waals surface area (Å²) in [5, 5.41) is 0. The summed E-state index contributed by atoms with van der Waals surface area (Å²) in [5.41, 5.74) is 0.519. The van der Waals surface area contributed by atoms with E-state index < -0.39 is 17.7 Å². The summed E-state index contributed by atoms with van der Waals surface area (Å²) in [6.45, 7) is 4.93. The fourth-order valence-corrected chi connectivity index (χ4v) is 5.44. The molecule has 0 bridgehead atoms. The molecule has 0 saturated carbocycles. The second-order valence-corrected chi connectivity index (χ2v) is 9.27. The summed E-state index contributed by atoms with van der Waals surface area (Å²) in [5.74, 6) is -1.27. The van der Waals surface area contributed by atoms with Gasteiger partial charge >= 0.3 is 6.43 Å². The fraction of sp³-hybridized carbons (Fsp3) is 0.652. The SMILES string of the molecule is CN1C(=O)C2(CCN(C(=O)C(F)F)CC2)C[C@@H]1CCN1CCN(c2ccc(F)cc2)CC1. The van der Waals surface area contributed by atoms with Gasteiger partial charge in [0.2, 0.25) is 5.91 Å². The van der Waals surface area contributed by atoms with E-state index in [1.807, 2.05) is 24.1 Å². The molecule has 0 N–H and O–H groups in total. The Hall–Kier alpha value is -2.29. The van der Waals surface area contributed by atoms with Crippen molar-refractivity contribution in [1.29, 1.82) is 0 Å². The molecule has 3 fully saturated rings. The Balaban J connectivity index is 1.26. The quantitative estimate of drug-likeness (QED) is 0.689. The standard InChI is InChI=1S/C23H31F3N4O2/c1-27-19(16-23(22(27)32)7-10-30(11-8-23)21(31)20(25)26)6-9-28-12-14-29(15-13-28)18-4-2-17(24)3-5-18/h2-5,19-20H,6-16H2,1H3/t19-/m0/s1. The van der Waals surface area contributed by atoms with Crippen molar-refractivity contribution >= 4 is 17.5 Å². The first kappa shape index (κ1) is 22.9. The molecule has 3 aliphatic heterocycles. The molecule has 3 saturated heterocycles. The number of piperidine rings is 1. The number of alkyl halides is 2. The third-order valence-corrected chi connectivity index (χ3v) is 7.51. The number of likely N-dealkylation sites (tertiary alicyclic amines) is 2. The summed E-state index contributed by atoms with van der Waals surface area (Å²) >= 11 is 0. The molecule has 6 nitrogen and oxygen atoms in total. The Labute approximate surface area is 186 Å². The number of piperazine rings is 1. The lowest BCUT2D eigenvalue weighted by Gasteiger charge is -2.37. The molecule has 1 spiro atoms. The minimum absolute atomic E-state index is 0.0905. The van der Waals surface area contributed by atoms with Crippen molar-refractivity contribution in [3.63, 3.8) is 0 Å². The van der Waals surface area contributed by atoms with Gasteiger partial charge in [0.05, 0.1) is 5.41 Å². The largest absolute Gasteiger partial charge is 0.369 e. The lowest BCUT2D eigenvalue weighted by molar-refractivity contribution is -0.148. The smallest absolute Gasteiger partial charge is 0.315 e. The zero-order valence-electron chi connectivity index (χ0n) is 18.5. The van der Waals surface area contributed by atoms with Gasteiger partial charge in [0, 0.05) is 64.6 Å². The summed E-state index contributed by atoms with van der Waals surface area (Å²) in [7, 11) is 1.84. The van der Waals surface area contributed by atoms with Crippen molar-refractivity contribution in [2.75, 3.05) is 57.8 Å². The highest BCUT2D eigenvalue weighted by molar-refractivity contribution is 5.86. The van der Waals surface area contributed by atoms with Crippen LogP contribution in [0.2, 0.25) is 0 Å². The van der Waals surface area contributed by atoms with Gasteiger partial charge in [-0.25, -0.2) is 4.39 Å². The number of anilines is 1. The van der Waals surface area contributed by atoms with Crippen molar-refractivity contribution in [2.24, 2.45) is 5.41 Å². The summed E-state index contributed by atoms with van der Waals surface area (Å²) < 4.78 is 38.6. The predicted octanol–water partition coefficient (Wildman–Crippen LogP) is 2.44. The summed E-state index contributed by atoms with van der Waals surface area (Å²) in [6.07, 6.45) is -0.458. The molecule has 3 heterocycles. The molecule has 32 heavy (non-hydrogen) atoms. The number of carbonyl (C=O) groups is 2. The van der Waals surface area contributed by atoms with Crippen LogP contribution in [0.5, 0.6) is 0 Å². The number of nitrogens with zero attached hydrogens (tertiary/aromatic N) is 4. The van der Waals surface area contributed by atoms with Crippen molar-refractivity contribution in [3.8, 4) is 0 Å². The van der Waals surface area contributed by atoms with Crippen LogP contribution in [-0.2, 0) is 9.59 Å². The average molecular weight is 453 g/mol. The van der Waals surface area contributed by atoms with E-state index in [1.54, 1.807) is 0 Å². The molecule has 1 atom stereocenters. The third kappa shape index (κ3) is 4.58. The molecule has 3 aliphatic rings. The highest BCUT2D eigenvalue weighted by atomic mass is 19.3. The second kappa shape index (κ2) is 9.29. The van der Waals surface area contributed by atoms with Crippen molar-refractivity contribution < 1.29 is 22.8 Å². The number of carbonyl (C=O) groups excluding carboxylic acids is 2. The first-order valence-corrected chi connectivity index (χ1v) is 11.4. The number of halogens is 3. The maximum absolute atomic E-state index is 13.1. The highest BCUT2D eigenvalue weighted by Crippen LogP contribution is 2.44. The van der Waals surface area contributed by atoms with Gasteiger partial charge in [-0.05, 0) is 49.9 Å². The molecule has 0 radical (unpaired) electrons. The second-order valence-electron chi connectivity index (χ2n) is 9.27. The van der Waals surface area contributed by atoms with E-state index >= 15 is 0 Å². The van der Waals surface area contributed by atoms with E-state index in [4.69, 9.17) is 0 Å². The molecule has 9 heteroatoms. The molecule has 0 aromatic heterocycles. The van der Waals surface area contributed by atoms with Crippen LogP contribution in [0, 0.1) is 11.2 Å². The van der Waals surface area contributed by atoms with Gasteiger partial charge in [0.25, 0.3) is 5.91 Å². The van der Waals surface area contributed by atoms with E-state index in [9.17, 15) is 22.8 Å². The van der Waals surface area contributed by atoms with Crippen LogP contribution in [0.25, 0.3) is 0 Å². The van der Waals surface area contributed by atoms with E-state index in [-0.39, 0.29) is 30.9 Å². The Morgan fingerprint density at radius 2 is 1.69 bits per heavy atom. The normalized spacial score (nSPS) is 24.1. The van der Waals surface area contributed by atoms with Gasteiger partial charge in [-0.15, -0.1) is 0 Å². The van der Waals surface area contributed by atoms with Gasteiger partial charge < -0.3 is 14.7 Å². The van der Waals surface area contributed by atoms with Crippen LogP contribution >= 0.6 is 0 Å². The molecule has 2 amide bonds. The molecule has 1 aromatic rings. The van der Waals surface area contributed by atoms with Gasteiger partial charge in [0.1, 0.15) is 5.82 Å². The van der Waals surface area contributed by atoms with Crippen molar-refractivity contribution in [3.05, 3.63) is 30.1 Å². The zero-order chi connectivity index (χ0) is 22.9. The zero-order valence-corrected chi connectivity index (χ0v) is 18.5. The first-order valence-electron chi connectivity index (χ1n) is 11.4. The van der Waals surface area contributed by atoms with Gasteiger partial charge in [-0.2, -0.15) is 8.78 Å². The van der Waals surface area contributed by atoms with Crippen molar-refractivity contribution in [1.82, 2.24) is 14.7 Å². The Kier molecular flexibility index (Phi) is 6.65. The third-order valence-electron chi connectivity index (χ3n) is 7.51. The van der Waals surface area contributed by atoms with Crippen LogP contribution in [0.15, 0.2) is 24.3 Å². The first-order chi connectivity index (χ1) is 15.3. The average Bonchev–Trinajstić information content (AvgIpc) is 3.03. The fourth-order valence-electron chi connectivity index (χ4n) is 5.44. The Morgan fingerprint density at radius 3 is 2.28 bits per heavy atom. The number of amides is 2. The molecular formula is C23H31F3N4O2. The van der Waals surface area contributed by atoms with Crippen LogP contribution in [0.1, 0.15) is 25.7 Å². The minimum atomic E-state index is -2.98. The van der Waals surface area contributed by atoms with E-state index in [1.165, 1.54) is 17.0 Å². The number of hydrogen-bond acceptors (Lipinski definition) is 4. The number of rotatable bonds is 5. The molecular weight excluding hydrogens is 421 g/mol. The lowest BCUT2D eigenvalue weighted by atomic mass is 9.75. The maximum Gasteiger partial charge on any atom is 0.315 e. The van der Waals surface area contributed by atoms with E-state index in [0.717, 1.165) is 51.3 Å². The number of benzene rings is 1. The Morgan fingerprint density at radius 1 is 1.06 bits per heavy atom. The van der Waals surface area contributed by atoms with E-state index in [2.05, 4.69) is 9.80 Å². The summed E-state index contributed by atoms with van der Waals surface area (Å²) in [6, 6.07) is 6.72. The van der Waals surface area contributed by atoms with Crippen LogP contribution < -0.4 is 4.90 Å². The van der Waals surface area contributed by atoms with Gasteiger partial charge in [-0.1, -0.05) is 0 Å². The molecule has 0 unspecified atom stereocenters. The summed E-state index contributed by atoms with van der Waals surface area (Å²) in [4.78, 5) is 32.3. The Bertz CT molecular complexity index is 819. The molecule has 1 aromatic carbocycles. The van der Waals surface area contributed by atoms with Crippen LogP contribution in [0.3, 0.4) is 0 Å². The van der Waals surface area contributed by atoms with Crippen LogP contribution in [0.4, 0.5) is 18.9 Å². The predicted molar refractivity (Wildman–Crippen MR) is 115 cm³/mol. The molecule has 176 valence electrons. The monoisotopic (exact) mass is 452 g/mol. The molecule has 4 rings (SSSR count). The van der Waals surface area contributed by atoms with Crippen molar-refractivity contribution in [2.45, 2.75) is 38.2 Å². The topological polar surface area (TPSA) is 47.1 Å². The lowest BCUT2D eigenvalue weighted by Crippen LogP contribution is -2.47. The minimum Gasteiger partial charge on any atom is -0.369 e.